The molecule has 0 fully saturated rings. The number of carbonyl (C=O) groups excluding carboxylic acids is 1. The second-order valence-corrected chi connectivity index (χ2v) is 7.63. The van der Waals surface area contributed by atoms with Gasteiger partial charge in [0.1, 0.15) is 5.75 Å². The van der Waals surface area contributed by atoms with Crippen molar-refractivity contribution in [2.45, 2.75) is 24.2 Å². The van der Waals surface area contributed by atoms with Gasteiger partial charge in [-0.05, 0) is 54.7 Å². The molecule has 0 spiro atoms. The van der Waals surface area contributed by atoms with E-state index in [2.05, 4.69) is 10.6 Å². The van der Waals surface area contributed by atoms with E-state index >= 15 is 0 Å². The number of aryl methyl sites for hydroxylation is 1. The zero-order chi connectivity index (χ0) is 19.7. The van der Waals surface area contributed by atoms with Gasteiger partial charge in [0.05, 0.1) is 12.0 Å². The third kappa shape index (κ3) is 7.28. The lowest BCUT2D eigenvalue weighted by Crippen LogP contribution is -2.37. The Bertz CT molecular complexity index is 834. The molecule has 2 amide bonds. The SMILES string of the molecule is COc1ccc(CCCNC(=O)NCCc2ccc(S(N)(=O)=O)cc2)cc1. The Hall–Kier alpha value is -2.58. The van der Waals surface area contributed by atoms with Crippen molar-refractivity contribution in [3.05, 3.63) is 59.7 Å². The lowest BCUT2D eigenvalue weighted by molar-refractivity contribution is 0.241. The Morgan fingerprint density at radius 2 is 1.48 bits per heavy atom. The van der Waals surface area contributed by atoms with Gasteiger partial charge in [0, 0.05) is 13.1 Å². The molecule has 4 N–H and O–H groups in total. The molecule has 2 aromatic carbocycles. The molecule has 0 aliphatic heterocycles. The standard InChI is InChI=1S/C19H25N3O4S/c1-26-17-8-4-15(5-9-17)3-2-13-21-19(23)22-14-12-16-6-10-18(11-7-16)27(20,24)25/h4-11H,2-3,12-14H2,1H3,(H2,20,24,25)(H2,21,22,23). The molecule has 0 aromatic heterocycles. The molecular weight excluding hydrogens is 366 g/mol. The Morgan fingerprint density at radius 3 is 2.07 bits per heavy atom. The number of rotatable bonds is 9. The van der Waals surface area contributed by atoms with Crippen LogP contribution in [0.15, 0.2) is 53.4 Å². The molecule has 0 aliphatic carbocycles. The van der Waals surface area contributed by atoms with E-state index in [1.165, 1.54) is 17.7 Å². The number of sulfonamides is 1. The highest BCUT2D eigenvalue weighted by atomic mass is 32.2. The first-order valence-corrected chi connectivity index (χ1v) is 10.2. The largest absolute Gasteiger partial charge is 0.497 e. The third-order valence-electron chi connectivity index (χ3n) is 4.04. The molecule has 0 unspecified atom stereocenters. The normalized spacial score (nSPS) is 11.0. The minimum atomic E-state index is -3.68. The van der Waals surface area contributed by atoms with Gasteiger partial charge in [-0.1, -0.05) is 24.3 Å². The number of methoxy groups -OCH3 is 1. The number of carbonyl (C=O) groups is 1. The fraction of sp³-hybridized carbons (Fsp3) is 0.316. The van der Waals surface area contributed by atoms with Crippen LogP contribution >= 0.6 is 0 Å². The van der Waals surface area contributed by atoms with Crippen LogP contribution in [0.5, 0.6) is 5.75 Å². The number of primary sulfonamides is 1. The van der Waals surface area contributed by atoms with E-state index in [4.69, 9.17) is 9.88 Å². The van der Waals surface area contributed by atoms with Gasteiger partial charge < -0.3 is 15.4 Å². The molecule has 0 saturated carbocycles. The molecule has 0 heterocycles. The summed E-state index contributed by atoms with van der Waals surface area (Å²) in [6, 6.07) is 14.0. The molecule has 8 heteroatoms. The number of urea groups is 1. The molecule has 2 rings (SSSR count). The number of amides is 2. The zero-order valence-corrected chi connectivity index (χ0v) is 16.1. The molecule has 0 bridgehead atoms. The van der Waals surface area contributed by atoms with E-state index in [1.54, 1.807) is 19.2 Å². The van der Waals surface area contributed by atoms with Crippen LogP contribution in [0.25, 0.3) is 0 Å². The Labute approximate surface area is 160 Å². The quantitative estimate of drug-likeness (QED) is 0.566. The third-order valence-corrected chi connectivity index (χ3v) is 4.97. The summed E-state index contributed by atoms with van der Waals surface area (Å²) in [6.45, 7) is 1.04. The summed E-state index contributed by atoms with van der Waals surface area (Å²) in [5.41, 5.74) is 2.11. The van der Waals surface area contributed by atoms with E-state index < -0.39 is 10.0 Å². The summed E-state index contributed by atoms with van der Waals surface area (Å²) in [5.74, 6) is 0.829. The summed E-state index contributed by atoms with van der Waals surface area (Å²) < 4.78 is 27.5. The highest BCUT2D eigenvalue weighted by molar-refractivity contribution is 7.89. The first-order valence-electron chi connectivity index (χ1n) is 8.65. The summed E-state index contributed by atoms with van der Waals surface area (Å²) >= 11 is 0. The second kappa shape index (κ2) is 9.94. The van der Waals surface area contributed by atoms with Crippen LogP contribution < -0.4 is 20.5 Å². The first kappa shape index (κ1) is 20.7. The molecule has 27 heavy (non-hydrogen) atoms. The van der Waals surface area contributed by atoms with E-state index in [0.29, 0.717) is 19.5 Å². The molecule has 146 valence electrons. The van der Waals surface area contributed by atoms with E-state index in [9.17, 15) is 13.2 Å². The minimum absolute atomic E-state index is 0.0776. The van der Waals surface area contributed by atoms with Crippen LogP contribution in [0.3, 0.4) is 0 Å². The molecule has 0 saturated heterocycles. The van der Waals surface area contributed by atoms with Crippen LogP contribution in [0, 0.1) is 0 Å². The van der Waals surface area contributed by atoms with Gasteiger partial charge in [0.15, 0.2) is 0 Å². The average molecular weight is 391 g/mol. The first-order chi connectivity index (χ1) is 12.9. The minimum Gasteiger partial charge on any atom is -0.497 e. The van der Waals surface area contributed by atoms with Crippen molar-refractivity contribution in [3.63, 3.8) is 0 Å². The molecule has 0 atom stereocenters. The topological polar surface area (TPSA) is 111 Å². The lowest BCUT2D eigenvalue weighted by Gasteiger charge is -2.08. The van der Waals surface area contributed by atoms with Gasteiger partial charge >= 0.3 is 6.03 Å². The number of hydrogen-bond acceptors (Lipinski definition) is 4. The number of nitrogens with one attached hydrogen (secondary N) is 2. The monoisotopic (exact) mass is 391 g/mol. The Balaban J connectivity index is 1.61. The van der Waals surface area contributed by atoms with Crippen molar-refractivity contribution in [1.82, 2.24) is 10.6 Å². The fourth-order valence-electron chi connectivity index (χ4n) is 2.52. The van der Waals surface area contributed by atoms with Gasteiger partial charge in [-0.25, -0.2) is 18.4 Å². The molecular formula is C19H25N3O4S. The summed E-state index contributed by atoms with van der Waals surface area (Å²) in [5, 5.41) is 10.7. The van der Waals surface area contributed by atoms with Gasteiger partial charge in [-0.15, -0.1) is 0 Å². The van der Waals surface area contributed by atoms with Crippen molar-refractivity contribution < 1.29 is 17.9 Å². The maximum Gasteiger partial charge on any atom is 0.314 e. The summed E-state index contributed by atoms with van der Waals surface area (Å²) in [7, 11) is -2.04. The molecule has 2 aromatic rings. The van der Waals surface area contributed by atoms with E-state index in [-0.39, 0.29) is 10.9 Å². The fourth-order valence-corrected chi connectivity index (χ4v) is 3.03. The maximum absolute atomic E-state index is 11.8. The van der Waals surface area contributed by atoms with Crippen LogP contribution in [-0.4, -0.2) is 34.6 Å². The number of hydrogen-bond donors (Lipinski definition) is 3. The number of ether oxygens (including phenoxy) is 1. The molecule has 0 radical (unpaired) electrons. The van der Waals surface area contributed by atoms with Gasteiger partial charge in [-0.2, -0.15) is 0 Å². The zero-order valence-electron chi connectivity index (χ0n) is 15.3. The molecule has 7 nitrogen and oxygen atoms in total. The van der Waals surface area contributed by atoms with Crippen molar-refractivity contribution in [1.29, 1.82) is 0 Å². The number of nitrogens with two attached hydrogens (primary N) is 1. The summed E-state index contributed by atoms with van der Waals surface area (Å²) in [6.07, 6.45) is 2.32. The molecule has 0 aliphatic rings. The Morgan fingerprint density at radius 1 is 0.926 bits per heavy atom. The lowest BCUT2D eigenvalue weighted by atomic mass is 10.1. The van der Waals surface area contributed by atoms with Crippen molar-refractivity contribution in [2.75, 3.05) is 20.2 Å². The van der Waals surface area contributed by atoms with Crippen LogP contribution in [-0.2, 0) is 22.9 Å². The predicted octanol–water partition coefficient (Wildman–Crippen LogP) is 1.82. The van der Waals surface area contributed by atoms with Gasteiger partial charge in [0.2, 0.25) is 10.0 Å². The maximum atomic E-state index is 11.8. The van der Waals surface area contributed by atoms with Crippen LogP contribution in [0.4, 0.5) is 4.79 Å². The van der Waals surface area contributed by atoms with Crippen molar-refractivity contribution >= 4 is 16.1 Å². The highest BCUT2D eigenvalue weighted by Gasteiger charge is 2.07. The smallest absolute Gasteiger partial charge is 0.314 e. The van der Waals surface area contributed by atoms with E-state index in [1.807, 2.05) is 24.3 Å². The van der Waals surface area contributed by atoms with E-state index in [0.717, 1.165) is 24.2 Å². The highest BCUT2D eigenvalue weighted by Crippen LogP contribution is 2.12. The van der Waals surface area contributed by atoms with Crippen molar-refractivity contribution in [2.24, 2.45) is 5.14 Å². The summed E-state index contributed by atoms with van der Waals surface area (Å²) in [4.78, 5) is 11.9. The number of benzene rings is 2. The van der Waals surface area contributed by atoms with Gasteiger partial charge in [0.25, 0.3) is 0 Å². The van der Waals surface area contributed by atoms with Crippen LogP contribution in [0.1, 0.15) is 17.5 Å². The average Bonchev–Trinajstić information content (AvgIpc) is 2.65. The second-order valence-electron chi connectivity index (χ2n) is 6.07. The van der Waals surface area contributed by atoms with Crippen molar-refractivity contribution in [3.8, 4) is 5.75 Å². The van der Waals surface area contributed by atoms with Gasteiger partial charge in [-0.3, -0.25) is 0 Å². The Kier molecular flexibility index (Phi) is 7.63. The predicted molar refractivity (Wildman–Crippen MR) is 104 cm³/mol. The van der Waals surface area contributed by atoms with Crippen LogP contribution in [0.2, 0.25) is 0 Å².